The second-order valence-corrected chi connectivity index (χ2v) is 4.30. The van der Waals surface area contributed by atoms with Gasteiger partial charge in [0, 0.05) is 26.1 Å². The average molecular weight is 235 g/mol. The Hall–Kier alpha value is -1.39. The normalized spacial score (nSPS) is 10.6. The maximum absolute atomic E-state index is 11.6. The van der Waals surface area contributed by atoms with E-state index < -0.39 is 0 Å². The Labute approximate surface area is 103 Å². The van der Waals surface area contributed by atoms with Gasteiger partial charge in [0.15, 0.2) is 0 Å². The quantitative estimate of drug-likeness (QED) is 0.763. The molecule has 0 bridgehead atoms. The van der Waals surface area contributed by atoms with Crippen LogP contribution < -0.4 is 11.1 Å². The molecule has 94 valence electrons. The van der Waals surface area contributed by atoms with E-state index in [9.17, 15) is 4.79 Å². The van der Waals surface area contributed by atoms with Gasteiger partial charge in [-0.15, -0.1) is 0 Å². The topological polar surface area (TPSA) is 58.4 Å². The van der Waals surface area contributed by atoms with Crippen LogP contribution in [-0.2, 0) is 17.9 Å². The number of carbonyl (C=O) groups is 1. The van der Waals surface area contributed by atoms with Crippen molar-refractivity contribution < 1.29 is 4.79 Å². The van der Waals surface area contributed by atoms with E-state index in [1.807, 2.05) is 43.3 Å². The molecule has 0 aliphatic rings. The van der Waals surface area contributed by atoms with Crippen LogP contribution in [0.15, 0.2) is 24.3 Å². The van der Waals surface area contributed by atoms with Crippen LogP contribution in [0.5, 0.6) is 0 Å². The first-order chi connectivity index (χ1) is 8.13. The summed E-state index contributed by atoms with van der Waals surface area (Å²) in [5.74, 6) is 0.0746. The van der Waals surface area contributed by atoms with Crippen LogP contribution in [0.4, 0.5) is 0 Å². The minimum atomic E-state index is 0.0746. The Kier molecular flexibility index (Phi) is 5.66. The van der Waals surface area contributed by atoms with E-state index in [1.165, 1.54) is 0 Å². The molecule has 0 saturated heterocycles. The Morgan fingerprint density at radius 1 is 1.29 bits per heavy atom. The summed E-state index contributed by atoms with van der Waals surface area (Å²) in [5.41, 5.74) is 7.81. The highest BCUT2D eigenvalue weighted by Gasteiger charge is 2.04. The molecule has 0 fully saturated rings. The van der Waals surface area contributed by atoms with Gasteiger partial charge in [-0.1, -0.05) is 24.3 Å². The van der Waals surface area contributed by atoms with Gasteiger partial charge < -0.3 is 16.0 Å². The third-order valence-electron chi connectivity index (χ3n) is 2.60. The fourth-order valence-electron chi connectivity index (χ4n) is 1.54. The third-order valence-corrected chi connectivity index (χ3v) is 2.60. The molecular formula is C13H21N3O. The first-order valence-corrected chi connectivity index (χ1v) is 5.81. The van der Waals surface area contributed by atoms with E-state index in [-0.39, 0.29) is 5.91 Å². The molecule has 0 unspecified atom stereocenters. The van der Waals surface area contributed by atoms with E-state index in [0.717, 1.165) is 17.7 Å². The molecule has 0 spiro atoms. The fourth-order valence-corrected chi connectivity index (χ4v) is 1.54. The van der Waals surface area contributed by atoms with E-state index in [4.69, 9.17) is 5.73 Å². The maximum Gasteiger partial charge on any atom is 0.221 e. The molecule has 0 saturated carbocycles. The molecule has 17 heavy (non-hydrogen) atoms. The Balaban J connectivity index is 2.42. The van der Waals surface area contributed by atoms with Crippen molar-refractivity contribution in [3.8, 4) is 0 Å². The molecule has 1 amide bonds. The van der Waals surface area contributed by atoms with Crippen molar-refractivity contribution in [2.24, 2.45) is 5.73 Å². The molecule has 0 aliphatic carbocycles. The van der Waals surface area contributed by atoms with Crippen molar-refractivity contribution >= 4 is 5.91 Å². The van der Waals surface area contributed by atoms with Gasteiger partial charge in [0.25, 0.3) is 0 Å². The molecule has 4 nitrogen and oxygen atoms in total. The molecule has 0 heterocycles. The van der Waals surface area contributed by atoms with Crippen LogP contribution in [-0.4, -0.2) is 31.4 Å². The minimum Gasteiger partial charge on any atom is -0.352 e. The lowest BCUT2D eigenvalue weighted by Gasteiger charge is -2.11. The molecular weight excluding hydrogens is 214 g/mol. The van der Waals surface area contributed by atoms with Crippen molar-refractivity contribution in [1.82, 2.24) is 10.2 Å². The molecule has 0 radical (unpaired) electrons. The highest BCUT2D eigenvalue weighted by atomic mass is 16.1. The van der Waals surface area contributed by atoms with Crippen molar-refractivity contribution in [2.75, 3.05) is 20.6 Å². The summed E-state index contributed by atoms with van der Waals surface area (Å²) in [6, 6.07) is 7.90. The van der Waals surface area contributed by atoms with Crippen LogP contribution >= 0.6 is 0 Å². The van der Waals surface area contributed by atoms with E-state index in [1.54, 1.807) is 0 Å². The molecule has 1 aromatic rings. The number of rotatable bonds is 6. The van der Waals surface area contributed by atoms with Crippen molar-refractivity contribution in [1.29, 1.82) is 0 Å². The number of amides is 1. The first-order valence-electron chi connectivity index (χ1n) is 5.81. The largest absolute Gasteiger partial charge is 0.352 e. The summed E-state index contributed by atoms with van der Waals surface area (Å²) >= 11 is 0. The lowest BCUT2D eigenvalue weighted by molar-refractivity contribution is -0.121. The molecule has 3 N–H and O–H groups in total. The van der Waals surface area contributed by atoms with E-state index in [2.05, 4.69) is 5.32 Å². The first kappa shape index (κ1) is 13.7. The third kappa shape index (κ3) is 4.97. The Morgan fingerprint density at radius 3 is 2.53 bits per heavy atom. The number of carbonyl (C=O) groups excluding carboxylic acids is 1. The van der Waals surface area contributed by atoms with Crippen LogP contribution in [0.3, 0.4) is 0 Å². The van der Waals surface area contributed by atoms with Gasteiger partial charge in [0.1, 0.15) is 0 Å². The van der Waals surface area contributed by atoms with E-state index in [0.29, 0.717) is 19.5 Å². The molecule has 0 aliphatic heterocycles. The summed E-state index contributed by atoms with van der Waals surface area (Å²) in [5, 5.41) is 2.91. The molecule has 1 aromatic carbocycles. The van der Waals surface area contributed by atoms with Crippen LogP contribution in [0.2, 0.25) is 0 Å². The monoisotopic (exact) mass is 235 g/mol. The second kappa shape index (κ2) is 7.04. The number of benzene rings is 1. The summed E-state index contributed by atoms with van der Waals surface area (Å²) in [4.78, 5) is 13.5. The maximum atomic E-state index is 11.6. The summed E-state index contributed by atoms with van der Waals surface area (Å²) in [7, 11) is 3.91. The number of hydrogen-bond donors (Lipinski definition) is 2. The van der Waals surface area contributed by atoms with Gasteiger partial charge in [-0.2, -0.15) is 0 Å². The van der Waals surface area contributed by atoms with E-state index >= 15 is 0 Å². The number of nitrogens with zero attached hydrogens (tertiary/aromatic N) is 1. The number of nitrogens with one attached hydrogen (secondary N) is 1. The SMILES string of the molecule is CN(C)CCC(=O)NCc1ccccc1CN. The van der Waals surface area contributed by atoms with Crippen LogP contribution in [0.25, 0.3) is 0 Å². The van der Waals surface area contributed by atoms with Gasteiger partial charge in [-0.3, -0.25) is 4.79 Å². The zero-order valence-corrected chi connectivity index (χ0v) is 10.6. The summed E-state index contributed by atoms with van der Waals surface area (Å²) in [6.45, 7) is 1.83. The van der Waals surface area contributed by atoms with Crippen molar-refractivity contribution in [3.63, 3.8) is 0 Å². The summed E-state index contributed by atoms with van der Waals surface area (Å²) in [6.07, 6.45) is 0.526. The van der Waals surface area contributed by atoms with Gasteiger partial charge in [-0.25, -0.2) is 0 Å². The summed E-state index contributed by atoms with van der Waals surface area (Å²) < 4.78 is 0. The lowest BCUT2D eigenvalue weighted by atomic mass is 10.1. The van der Waals surface area contributed by atoms with Gasteiger partial charge in [0.05, 0.1) is 0 Å². The minimum absolute atomic E-state index is 0.0746. The smallest absolute Gasteiger partial charge is 0.221 e. The molecule has 0 atom stereocenters. The fraction of sp³-hybridized carbons (Fsp3) is 0.462. The average Bonchev–Trinajstić information content (AvgIpc) is 2.34. The van der Waals surface area contributed by atoms with Gasteiger partial charge >= 0.3 is 0 Å². The van der Waals surface area contributed by atoms with Crippen LogP contribution in [0, 0.1) is 0 Å². The van der Waals surface area contributed by atoms with Crippen molar-refractivity contribution in [2.45, 2.75) is 19.5 Å². The number of hydrogen-bond acceptors (Lipinski definition) is 3. The van der Waals surface area contributed by atoms with Gasteiger partial charge in [0.2, 0.25) is 5.91 Å². The highest BCUT2D eigenvalue weighted by molar-refractivity contribution is 5.76. The molecule has 1 rings (SSSR count). The predicted molar refractivity (Wildman–Crippen MR) is 69.4 cm³/mol. The lowest BCUT2D eigenvalue weighted by Crippen LogP contribution is -2.27. The molecule has 4 heteroatoms. The Morgan fingerprint density at radius 2 is 1.94 bits per heavy atom. The Bertz CT molecular complexity index is 363. The zero-order chi connectivity index (χ0) is 12.7. The standard InChI is InChI=1S/C13H21N3O/c1-16(2)8-7-13(17)15-10-12-6-4-3-5-11(12)9-14/h3-6H,7-10,14H2,1-2H3,(H,15,17). The number of nitrogens with two attached hydrogens (primary N) is 1. The second-order valence-electron chi connectivity index (χ2n) is 4.30. The molecule has 0 aromatic heterocycles. The predicted octanol–water partition coefficient (Wildman–Crippen LogP) is 0.713. The highest BCUT2D eigenvalue weighted by Crippen LogP contribution is 2.07. The zero-order valence-electron chi connectivity index (χ0n) is 10.6. The van der Waals surface area contributed by atoms with Crippen LogP contribution in [0.1, 0.15) is 17.5 Å². The van der Waals surface area contributed by atoms with Crippen molar-refractivity contribution in [3.05, 3.63) is 35.4 Å². The van der Waals surface area contributed by atoms with Gasteiger partial charge in [-0.05, 0) is 25.2 Å².